The number of aryl methyl sites for hydroxylation is 1. The summed E-state index contributed by atoms with van der Waals surface area (Å²) >= 11 is 0. The van der Waals surface area contributed by atoms with E-state index in [1.165, 1.54) is 6.26 Å². The number of fused-ring (bicyclic) bond motifs is 1. The van der Waals surface area contributed by atoms with E-state index >= 15 is 0 Å². The maximum absolute atomic E-state index is 12.1. The van der Waals surface area contributed by atoms with Crippen molar-refractivity contribution in [3.63, 3.8) is 0 Å². The summed E-state index contributed by atoms with van der Waals surface area (Å²) in [7, 11) is -3.21. The van der Waals surface area contributed by atoms with Gasteiger partial charge in [-0.3, -0.25) is 9.89 Å². The lowest BCUT2D eigenvalue weighted by Gasteiger charge is -2.09. The Labute approximate surface area is 163 Å². The lowest BCUT2D eigenvalue weighted by molar-refractivity contribution is -0.0334. The van der Waals surface area contributed by atoms with Gasteiger partial charge in [0.05, 0.1) is 36.8 Å². The van der Waals surface area contributed by atoms with Crippen molar-refractivity contribution in [3.05, 3.63) is 58.4 Å². The van der Waals surface area contributed by atoms with Crippen LogP contribution < -0.4 is 5.43 Å². The number of nitrogens with one attached hydrogen (secondary N) is 1. The summed E-state index contributed by atoms with van der Waals surface area (Å²) in [5.41, 5.74) is 2.68. The molecule has 0 radical (unpaired) electrons. The highest BCUT2D eigenvalue weighted by molar-refractivity contribution is 7.90. The number of nitrogens with zero attached hydrogens (tertiary/aromatic N) is 1. The van der Waals surface area contributed by atoms with E-state index in [0.717, 1.165) is 37.6 Å². The van der Waals surface area contributed by atoms with Crippen LogP contribution in [0.3, 0.4) is 0 Å². The van der Waals surface area contributed by atoms with Crippen molar-refractivity contribution in [2.24, 2.45) is 0 Å². The van der Waals surface area contributed by atoms with E-state index in [9.17, 15) is 13.2 Å². The van der Waals surface area contributed by atoms with Crippen molar-refractivity contribution < 1.29 is 17.9 Å². The second-order valence-corrected chi connectivity index (χ2v) is 8.44. The van der Waals surface area contributed by atoms with Gasteiger partial charge >= 0.3 is 0 Å². The Kier molecular flexibility index (Phi) is 6.23. The Morgan fingerprint density at radius 3 is 2.04 bits per heavy atom. The minimum absolute atomic E-state index is 0.108. The van der Waals surface area contributed by atoms with Gasteiger partial charge in [0.1, 0.15) is 5.69 Å². The third kappa shape index (κ3) is 4.83. The van der Waals surface area contributed by atoms with Crippen LogP contribution in [-0.2, 0) is 19.3 Å². The standard InChI is InChI=1S/C16H14N2O3S.C4H8O2/c1-10-16(19)14-9-12(5-8-15(14)18-17-10)11-3-6-13(7-4-11)22(2,20)21;1-2-6-4-3-5-1/h3-9H,1-2H3,(H,18,19);1-4H2. The van der Waals surface area contributed by atoms with Gasteiger partial charge in [0.25, 0.3) is 0 Å². The molecule has 1 N–H and O–H groups in total. The van der Waals surface area contributed by atoms with Crippen LogP contribution in [0.15, 0.2) is 52.2 Å². The average molecular weight is 402 g/mol. The summed E-state index contributed by atoms with van der Waals surface area (Å²) < 4.78 is 32.9. The normalized spacial score (nSPS) is 14.4. The van der Waals surface area contributed by atoms with Crippen molar-refractivity contribution in [1.29, 1.82) is 0 Å². The number of hydrogen-bond acceptors (Lipinski definition) is 6. The predicted octanol–water partition coefficient (Wildman–Crippen LogP) is 2.34. The molecule has 2 aromatic carbocycles. The van der Waals surface area contributed by atoms with Crippen LogP contribution >= 0.6 is 0 Å². The Morgan fingerprint density at radius 2 is 1.50 bits per heavy atom. The Bertz CT molecular complexity index is 1110. The fourth-order valence-electron chi connectivity index (χ4n) is 2.73. The SMILES string of the molecule is C1COCCO1.Cc1n[nH]c2ccc(-c3ccc(S(C)(=O)=O)cc3)cc2c1=O. The van der Waals surface area contributed by atoms with Gasteiger partial charge in [0, 0.05) is 11.6 Å². The smallest absolute Gasteiger partial charge is 0.210 e. The zero-order valence-corrected chi connectivity index (χ0v) is 16.6. The largest absolute Gasteiger partial charge is 0.377 e. The monoisotopic (exact) mass is 402 g/mol. The van der Waals surface area contributed by atoms with Crippen molar-refractivity contribution >= 4 is 20.7 Å². The van der Waals surface area contributed by atoms with E-state index in [4.69, 9.17) is 9.47 Å². The van der Waals surface area contributed by atoms with Crippen LogP contribution in [0.4, 0.5) is 0 Å². The van der Waals surface area contributed by atoms with E-state index < -0.39 is 9.84 Å². The summed E-state index contributed by atoms with van der Waals surface area (Å²) in [6, 6.07) is 12.1. The van der Waals surface area contributed by atoms with E-state index in [2.05, 4.69) is 10.2 Å². The maximum atomic E-state index is 12.1. The number of aromatic nitrogens is 2. The molecule has 1 aliphatic heterocycles. The third-order valence-corrected chi connectivity index (χ3v) is 5.43. The first kappa shape index (κ1) is 20.2. The second-order valence-electron chi connectivity index (χ2n) is 6.42. The fraction of sp³-hybridized carbons (Fsp3) is 0.300. The number of sulfone groups is 1. The number of ether oxygens (including phenoxy) is 2. The number of H-pyrrole nitrogens is 1. The van der Waals surface area contributed by atoms with Crippen LogP contribution in [0, 0.1) is 6.92 Å². The lowest BCUT2D eigenvalue weighted by Crippen LogP contribution is -2.16. The number of rotatable bonds is 2. The Balaban J connectivity index is 0.000000320. The number of benzene rings is 2. The Morgan fingerprint density at radius 1 is 0.929 bits per heavy atom. The van der Waals surface area contributed by atoms with Gasteiger partial charge in [-0.1, -0.05) is 18.2 Å². The van der Waals surface area contributed by atoms with E-state index in [0.29, 0.717) is 16.6 Å². The third-order valence-electron chi connectivity index (χ3n) is 4.30. The molecule has 4 rings (SSSR count). The molecule has 0 amide bonds. The predicted molar refractivity (Wildman–Crippen MR) is 107 cm³/mol. The number of aromatic amines is 1. The maximum Gasteiger partial charge on any atom is 0.210 e. The zero-order chi connectivity index (χ0) is 20.1. The van der Waals surface area contributed by atoms with E-state index in [1.54, 1.807) is 43.3 Å². The van der Waals surface area contributed by atoms with Gasteiger partial charge in [-0.25, -0.2) is 8.42 Å². The van der Waals surface area contributed by atoms with Gasteiger partial charge < -0.3 is 9.47 Å². The highest BCUT2D eigenvalue weighted by Gasteiger charge is 2.08. The molecule has 8 heteroatoms. The summed E-state index contributed by atoms with van der Waals surface area (Å²) in [4.78, 5) is 12.4. The van der Waals surface area contributed by atoms with Crippen molar-refractivity contribution in [2.45, 2.75) is 11.8 Å². The molecular formula is C20H22N2O5S. The zero-order valence-electron chi connectivity index (χ0n) is 15.8. The summed E-state index contributed by atoms with van der Waals surface area (Å²) in [5, 5.41) is 7.35. The van der Waals surface area contributed by atoms with Crippen LogP contribution in [0.2, 0.25) is 0 Å². The van der Waals surface area contributed by atoms with Crippen LogP contribution in [-0.4, -0.2) is 51.3 Å². The van der Waals surface area contributed by atoms with E-state index in [1.807, 2.05) is 6.07 Å². The molecule has 0 spiro atoms. The second kappa shape index (κ2) is 8.64. The summed E-state index contributed by atoms with van der Waals surface area (Å²) in [6.07, 6.45) is 1.17. The van der Waals surface area contributed by atoms with Gasteiger partial charge in [0.15, 0.2) is 9.84 Å². The van der Waals surface area contributed by atoms with Crippen molar-refractivity contribution in [2.75, 3.05) is 32.7 Å². The van der Waals surface area contributed by atoms with Crippen molar-refractivity contribution in [3.8, 4) is 11.1 Å². The molecule has 0 atom stereocenters. The van der Waals surface area contributed by atoms with Crippen LogP contribution in [0.5, 0.6) is 0 Å². The molecule has 148 valence electrons. The lowest BCUT2D eigenvalue weighted by atomic mass is 10.0. The molecule has 1 fully saturated rings. The van der Waals surface area contributed by atoms with Gasteiger partial charge in [-0.05, 0) is 42.3 Å². The quantitative estimate of drug-likeness (QED) is 0.706. The van der Waals surface area contributed by atoms with E-state index in [-0.39, 0.29) is 10.3 Å². The molecule has 7 nitrogen and oxygen atoms in total. The molecular weight excluding hydrogens is 380 g/mol. The molecule has 2 heterocycles. The molecule has 0 saturated carbocycles. The number of hydrogen-bond donors (Lipinski definition) is 1. The van der Waals surface area contributed by atoms with Crippen molar-refractivity contribution in [1.82, 2.24) is 10.2 Å². The molecule has 1 saturated heterocycles. The van der Waals surface area contributed by atoms with Gasteiger partial charge in [0.2, 0.25) is 5.43 Å². The molecule has 0 unspecified atom stereocenters. The first-order valence-electron chi connectivity index (χ1n) is 8.81. The average Bonchev–Trinajstić information content (AvgIpc) is 2.72. The Hall–Kier alpha value is -2.55. The van der Waals surface area contributed by atoms with Gasteiger partial charge in [-0.15, -0.1) is 0 Å². The highest BCUT2D eigenvalue weighted by atomic mass is 32.2. The summed E-state index contributed by atoms with van der Waals surface area (Å²) in [5.74, 6) is 0. The molecule has 0 bridgehead atoms. The molecule has 0 aliphatic carbocycles. The highest BCUT2D eigenvalue weighted by Crippen LogP contribution is 2.23. The topological polar surface area (TPSA) is 98.3 Å². The minimum atomic E-state index is -3.21. The van der Waals surface area contributed by atoms with Gasteiger partial charge in [-0.2, -0.15) is 5.10 Å². The first-order valence-corrected chi connectivity index (χ1v) is 10.7. The molecule has 28 heavy (non-hydrogen) atoms. The molecule has 3 aromatic rings. The van der Waals surface area contributed by atoms with Crippen LogP contribution in [0.25, 0.3) is 22.0 Å². The molecule has 1 aromatic heterocycles. The first-order chi connectivity index (χ1) is 13.4. The van der Waals surface area contributed by atoms with Crippen LogP contribution in [0.1, 0.15) is 5.69 Å². The molecule has 1 aliphatic rings. The fourth-order valence-corrected chi connectivity index (χ4v) is 3.36. The summed E-state index contributed by atoms with van der Waals surface area (Å²) in [6.45, 7) is 4.77. The minimum Gasteiger partial charge on any atom is -0.377 e.